The van der Waals surface area contributed by atoms with Crippen molar-refractivity contribution < 1.29 is 0 Å². The number of aromatic nitrogens is 3. The van der Waals surface area contributed by atoms with E-state index in [4.69, 9.17) is 0 Å². The minimum absolute atomic E-state index is 0.0322. The largest absolute Gasteiger partial charge is 0.311 e. The zero-order valence-corrected chi connectivity index (χ0v) is 59.0. The summed E-state index contributed by atoms with van der Waals surface area (Å²) in [4.78, 5) is 2.67. The van der Waals surface area contributed by atoms with Crippen molar-refractivity contribution in [3.63, 3.8) is 0 Å². The maximum atomic E-state index is 2.69. The van der Waals surface area contributed by atoms with E-state index in [1.807, 2.05) is 0 Å². The fraction of sp³-hybridized carbons (Fsp3) is 0.217. The van der Waals surface area contributed by atoms with Gasteiger partial charge in [-0.15, -0.1) is 0 Å². The van der Waals surface area contributed by atoms with Crippen molar-refractivity contribution >= 4 is 127 Å². The smallest absolute Gasteiger partial charge is 0.252 e. The fourth-order valence-corrected chi connectivity index (χ4v) is 16.3. The van der Waals surface area contributed by atoms with Gasteiger partial charge in [-0.05, 0) is 183 Å². The third kappa shape index (κ3) is 9.46. The van der Waals surface area contributed by atoms with Crippen molar-refractivity contribution in [2.24, 2.45) is 0 Å². The van der Waals surface area contributed by atoms with Crippen LogP contribution in [-0.2, 0) is 27.1 Å². The standard InChI is InChI=1S/C92H85BN4/c1-88(2,3)57-35-45-78(72(49-57)56-25-17-16-18-26-56)96-81-48-42-71-67-30-22-20-28-65(67)64-27-19-21-29-66(64)68-31-23-24-32-77(68)97-85-55-62(94-79-46-36-58(89(4,5)6)50-73(79)74-51-59(90(7,8)9)37-47-80(74)94)38-44-76(85)93(86(81)87(71)97)75-43-39-63(54-84(75)96)95-82-52-60(91(10,11)12)33-40-69(82)70-41-34-61(53-83(70)95)92(13,14)15/h16-55H,1-15H3. The number of anilines is 3. The molecule has 0 atom stereocenters. The molecule has 5 heterocycles. The van der Waals surface area contributed by atoms with Gasteiger partial charge >= 0.3 is 0 Å². The molecule has 0 spiro atoms. The SMILES string of the molecule is CC(C)(C)c1ccc(N2c3cc(-n4c5cc(C(C)(C)C)ccc5c5ccc(C(C)(C)C)cc54)ccc3B3c4ccc(-n5c6ccc(C(C)(C)C)cc6c6cc(C(C)(C)C)ccc65)cc4-n4c5ccccc5c5ccccc5c5ccccc5c5ccc2c3c54)c(-c2ccccc2)c1. The highest BCUT2D eigenvalue weighted by atomic mass is 15.2. The minimum atomic E-state index is -0.193. The second-order valence-electron chi connectivity index (χ2n) is 33.0. The Morgan fingerprint density at radius 2 is 0.629 bits per heavy atom. The van der Waals surface area contributed by atoms with Crippen molar-refractivity contribution in [1.82, 2.24) is 13.7 Å². The molecule has 476 valence electrons. The van der Waals surface area contributed by atoms with Gasteiger partial charge in [-0.2, -0.15) is 0 Å². The quantitative estimate of drug-likeness (QED) is 0.161. The highest BCUT2D eigenvalue weighted by Gasteiger charge is 2.43. The predicted octanol–water partition coefficient (Wildman–Crippen LogP) is 23.2. The highest BCUT2D eigenvalue weighted by Crippen LogP contribution is 2.49. The molecule has 0 saturated carbocycles. The zero-order valence-electron chi connectivity index (χ0n) is 59.0. The first-order chi connectivity index (χ1) is 46.3. The lowest BCUT2D eigenvalue weighted by atomic mass is 9.33. The lowest BCUT2D eigenvalue weighted by Crippen LogP contribution is -2.60. The van der Waals surface area contributed by atoms with Crippen LogP contribution in [0.15, 0.2) is 243 Å². The summed E-state index contributed by atoms with van der Waals surface area (Å²) in [6, 6.07) is 94.7. The molecule has 0 bridgehead atoms. The Balaban J connectivity index is 1.06. The van der Waals surface area contributed by atoms with Gasteiger partial charge in [0, 0.05) is 66.3 Å². The third-order valence-electron chi connectivity index (χ3n) is 21.6. The van der Waals surface area contributed by atoms with Crippen LogP contribution < -0.4 is 21.3 Å². The lowest BCUT2D eigenvalue weighted by molar-refractivity contribution is 0.590. The van der Waals surface area contributed by atoms with Crippen LogP contribution in [0.3, 0.4) is 0 Å². The van der Waals surface area contributed by atoms with Crippen LogP contribution in [0.2, 0.25) is 0 Å². The Hall–Kier alpha value is -10.1. The summed E-state index contributed by atoms with van der Waals surface area (Å²) >= 11 is 0. The number of para-hydroxylation sites is 1. The van der Waals surface area contributed by atoms with Crippen LogP contribution in [0.25, 0.3) is 115 Å². The number of fused-ring (bicyclic) bond motifs is 18. The van der Waals surface area contributed by atoms with Gasteiger partial charge in [0.2, 0.25) is 0 Å². The van der Waals surface area contributed by atoms with E-state index in [9.17, 15) is 0 Å². The number of hydrogen-bond acceptors (Lipinski definition) is 1. The van der Waals surface area contributed by atoms with Crippen LogP contribution in [0, 0.1) is 0 Å². The van der Waals surface area contributed by atoms with E-state index in [0.717, 1.165) is 28.3 Å². The second-order valence-corrected chi connectivity index (χ2v) is 33.0. The molecule has 2 aliphatic rings. The lowest BCUT2D eigenvalue weighted by Gasteiger charge is -2.41. The molecule has 3 aromatic heterocycles. The summed E-state index contributed by atoms with van der Waals surface area (Å²) in [5, 5.41) is 12.3. The van der Waals surface area contributed by atoms with Crippen molar-refractivity contribution in [2.45, 2.75) is 131 Å². The van der Waals surface area contributed by atoms with E-state index in [-0.39, 0.29) is 33.8 Å². The summed E-state index contributed by atoms with van der Waals surface area (Å²) in [7, 11) is 0. The molecule has 0 N–H and O–H groups in total. The van der Waals surface area contributed by atoms with E-state index >= 15 is 0 Å². The van der Waals surface area contributed by atoms with Crippen LogP contribution in [0.5, 0.6) is 0 Å². The number of hydrogen-bond donors (Lipinski definition) is 0. The van der Waals surface area contributed by atoms with Crippen molar-refractivity contribution in [3.8, 4) is 28.2 Å². The van der Waals surface area contributed by atoms with E-state index < -0.39 is 0 Å². The Bertz CT molecular complexity index is 5770. The first kappa shape index (κ1) is 60.6. The van der Waals surface area contributed by atoms with Gasteiger partial charge in [-0.25, -0.2) is 0 Å². The molecular weight excluding hydrogens is 1170 g/mol. The molecule has 0 fully saturated rings. The summed E-state index contributed by atoms with van der Waals surface area (Å²) in [6.45, 7) is 34.8. The summed E-state index contributed by atoms with van der Waals surface area (Å²) in [5.41, 5.74) is 26.5. The Labute approximate surface area is 571 Å². The van der Waals surface area contributed by atoms with Gasteiger partial charge in [-0.3, -0.25) is 0 Å². The maximum Gasteiger partial charge on any atom is 0.252 e. The van der Waals surface area contributed by atoms with Crippen molar-refractivity contribution in [3.05, 3.63) is 270 Å². The fourth-order valence-electron chi connectivity index (χ4n) is 16.3. The number of benzene rings is 12. The summed E-state index contributed by atoms with van der Waals surface area (Å²) < 4.78 is 7.83. The van der Waals surface area contributed by atoms with Gasteiger partial charge in [0.1, 0.15) is 0 Å². The van der Waals surface area contributed by atoms with Crippen LogP contribution >= 0.6 is 0 Å². The van der Waals surface area contributed by atoms with Gasteiger partial charge in [0.25, 0.3) is 6.71 Å². The zero-order chi connectivity index (χ0) is 67.1. The van der Waals surface area contributed by atoms with E-state index in [0.29, 0.717) is 0 Å². The molecule has 17 rings (SSSR count). The van der Waals surface area contributed by atoms with Crippen LogP contribution in [0.4, 0.5) is 17.1 Å². The molecule has 97 heavy (non-hydrogen) atoms. The molecule has 0 saturated heterocycles. The highest BCUT2D eigenvalue weighted by molar-refractivity contribution is 7.00. The van der Waals surface area contributed by atoms with Crippen molar-refractivity contribution in [1.29, 1.82) is 0 Å². The number of rotatable bonds is 4. The predicted molar refractivity (Wildman–Crippen MR) is 420 cm³/mol. The normalized spacial score (nSPS) is 13.5. The summed E-state index contributed by atoms with van der Waals surface area (Å²) in [5.74, 6) is 0. The van der Waals surface area contributed by atoms with Crippen molar-refractivity contribution in [2.75, 3.05) is 4.90 Å². The van der Waals surface area contributed by atoms with E-state index in [1.54, 1.807) is 0 Å². The third-order valence-corrected chi connectivity index (χ3v) is 21.6. The monoisotopic (exact) mass is 1260 g/mol. The second kappa shape index (κ2) is 21.2. The minimum Gasteiger partial charge on any atom is -0.311 e. The molecule has 15 aromatic rings. The van der Waals surface area contributed by atoms with E-state index in [2.05, 4.69) is 365 Å². The van der Waals surface area contributed by atoms with Gasteiger partial charge < -0.3 is 18.6 Å². The molecule has 2 aliphatic heterocycles. The van der Waals surface area contributed by atoms with Gasteiger partial charge in [0.05, 0.1) is 38.8 Å². The van der Waals surface area contributed by atoms with Crippen LogP contribution in [0.1, 0.15) is 132 Å². The first-order valence-electron chi connectivity index (χ1n) is 35.0. The summed E-state index contributed by atoms with van der Waals surface area (Å²) in [6.07, 6.45) is 0. The molecule has 4 nitrogen and oxygen atoms in total. The van der Waals surface area contributed by atoms with E-state index in [1.165, 1.54) is 148 Å². The topological polar surface area (TPSA) is 18.0 Å². The number of nitrogens with zero attached hydrogens (tertiary/aromatic N) is 4. The molecule has 5 heteroatoms. The molecule has 12 aromatic carbocycles. The van der Waals surface area contributed by atoms with Gasteiger partial charge in [-0.1, -0.05) is 262 Å². The molecule has 0 aliphatic carbocycles. The molecule has 0 radical (unpaired) electrons. The molecule has 0 amide bonds. The van der Waals surface area contributed by atoms with Gasteiger partial charge in [0.15, 0.2) is 0 Å². The maximum absolute atomic E-state index is 2.69. The van der Waals surface area contributed by atoms with Crippen LogP contribution in [-0.4, -0.2) is 20.4 Å². The molecule has 0 unspecified atom stereocenters. The molecular formula is C92H85BN4. The average molecular weight is 1260 g/mol. The Morgan fingerprint density at radius 3 is 1.16 bits per heavy atom. The average Bonchev–Trinajstić information content (AvgIpc) is 1.52. The Morgan fingerprint density at radius 1 is 0.247 bits per heavy atom. The first-order valence-corrected chi connectivity index (χ1v) is 35.0. The Kier molecular flexibility index (Phi) is 13.2.